The van der Waals surface area contributed by atoms with Crippen LogP contribution >= 0.6 is 15.9 Å². The van der Waals surface area contributed by atoms with E-state index < -0.39 is 35.7 Å². The van der Waals surface area contributed by atoms with Crippen molar-refractivity contribution in [3.63, 3.8) is 0 Å². The Balaban J connectivity index is 1.74. The number of ether oxygens (including phenoxy) is 1. The molecular weight excluding hydrogens is 425 g/mol. The number of amides is 1. The fourth-order valence-electron chi connectivity index (χ4n) is 3.39. The first-order valence-corrected chi connectivity index (χ1v) is 9.07. The summed E-state index contributed by atoms with van der Waals surface area (Å²) < 4.78 is 48.9. The van der Waals surface area contributed by atoms with Gasteiger partial charge in [0.15, 0.2) is 5.54 Å². The Labute approximate surface area is 161 Å². The van der Waals surface area contributed by atoms with E-state index in [0.29, 0.717) is 16.5 Å². The molecule has 0 spiro atoms. The van der Waals surface area contributed by atoms with Crippen LogP contribution in [0.25, 0.3) is 0 Å². The maximum atomic E-state index is 14.5. The molecule has 0 bridgehead atoms. The molecule has 8 heteroatoms. The van der Waals surface area contributed by atoms with Crippen molar-refractivity contribution in [2.24, 2.45) is 10.9 Å². The fourth-order valence-corrected chi connectivity index (χ4v) is 3.76. The zero-order chi connectivity index (χ0) is 19.2. The highest BCUT2D eigenvalue weighted by Gasteiger charge is 2.64. The first-order valence-electron chi connectivity index (χ1n) is 8.28. The Hall–Kier alpha value is -2.35. The van der Waals surface area contributed by atoms with Gasteiger partial charge in [-0.3, -0.25) is 10.1 Å². The second kappa shape index (κ2) is 6.67. The van der Waals surface area contributed by atoms with Crippen molar-refractivity contribution in [2.45, 2.75) is 24.5 Å². The van der Waals surface area contributed by atoms with Gasteiger partial charge >= 0.3 is 0 Å². The minimum Gasteiger partial charge on any atom is -0.461 e. The van der Waals surface area contributed by atoms with Crippen LogP contribution in [0.15, 0.2) is 58.0 Å². The number of halogens is 4. The molecule has 0 saturated heterocycles. The smallest absolute Gasteiger partial charge is 0.293 e. The van der Waals surface area contributed by atoms with Crippen molar-refractivity contribution in [2.75, 3.05) is 0 Å². The van der Waals surface area contributed by atoms with Crippen LogP contribution in [-0.4, -0.2) is 24.5 Å². The van der Waals surface area contributed by atoms with Crippen molar-refractivity contribution in [3.8, 4) is 0 Å². The number of amidine groups is 1. The van der Waals surface area contributed by atoms with E-state index in [1.54, 1.807) is 30.3 Å². The number of fused-ring (bicyclic) bond motifs is 1. The van der Waals surface area contributed by atoms with E-state index in [0.717, 1.165) is 6.07 Å². The molecule has 1 aliphatic carbocycles. The van der Waals surface area contributed by atoms with Crippen molar-refractivity contribution in [3.05, 3.63) is 69.9 Å². The van der Waals surface area contributed by atoms with Gasteiger partial charge in [-0.1, -0.05) is 34.1 Å². The molecule has 4 rings (SSSR count). The molecule has 2 aromatic carbocycles. The summed E-state index contributed by atoms with van der Waals surface area (Å²) in [6.07, 6.45) is -3.20. The molecule has 0 radical (unpaired) electrons. The summed E-state index contributed by atoms with van der Waals surface area (Å²) in [5.74, 6) is -1.96. The Bertz CT molecular complexity index is 922. The monoisotopic (exact) mass is 438 g/mol. The predicted octanol–water partition coefficient (Wildman–Crippen LogP) is 4.25. The largest absolute Gasteiger partial charge is 0.461 e. The summed E-state index contributed by atoms with van der Waals surface area (Å²) in [4.78, 5) is 16.4. The summed E-state index contributed by atoms with van der Waals surface area (Å²) in [5, 5.41) is 2.43. The van der Waals surface area contributed by atoms with Gasteiger partial charge in [-0.05, 0) is 36.8 Å². The number of carbonyl (C=O) groups is 1. The van der Waals surface area contributed by atoms with Crippen LogP contribution < -0.4 is 5.32 Å². The molecule has 1 N–H and O–H groups in total. The third-order valence-corrected chi connectivity index (χ3v) is 5.29. The third kappa shape index (κ3) is 3.12. The number of nitrogens with one attached hydrogen (secondary N) is 1. The van der Waals surface area contributed by atoms with Gasteiger partial charge in [-0.2, -0.15) is 0 Å². The first-order chi connectivity index (χ1) is 12.9. The molecule has 4 nitrogen and oxygen atoms in total. The number of aliphatic imine (C=N–C) groups is 1. The Morgan fingerprint density at radius 2 is 2.00 bits per heavy atom. The van der Waals surface area contributed by atoms with E-state index in [1.807, 2.05) is 0 Å². The van der Waals surface area contributed by atoms with Crippen molar-refractivity contribution in [1.82, 2.24) is 5.32 Å². The maximum Gasteiger partial charge on any atom is 0.293 e. The number of nitrogens with zero attached hydrogens (tertiary/aromatic N) is 1. The van der Waals surface area contributed by atoms with Crippen LogP contribution in [0.2, 0.25) is 0 Å². The summed E-state index contributed by atoms with van der Waals surface area (Å²) in [5.41, 5.74) is -1.98. The second-order valence-electron chi connectivity index (χ2n) is 6.49. The summed E-state index contributed by atoms with van der Waals surface area (Å²) >= 11 is 3.19. The fraction of sp³-hybridized carbons (Fsp3) is 0.263. The van der Waals surface area contributed by atoms with Crippen LogP contribution in [0.5, 0.6) is 0 Å². The highest BCUT2D eigenvalue weighted by atomic mass is 79.9. The molecule has 27 heavy (non-hydrogen) atoms. The van der Waals surface area contributed by atoms with Gasteiger partial charge in [0.2, 0.25) is 0 Å². The minimum atomic E-state index is -2.97. The maximum absolute atomic E-state index is 14.5. The first kappa shape index (κ1) is 18.0. The molecule has 1 amide bonds. The van der Waals surface area contributed by atoms with Crippen LogP contribution in [0.3, 0.4) is 0 Å². The molecule has 2 aliphatic rings. The average Bonchev–Trinajstić information content (AvgIpc) is 3.43. The zero-order valence-electron chi connectivity index (χ0n) is 13.8. The highest BCUT2D eigenvalue weighted by molar-refractivity contribution is 9.10. The second-order valence-corrected chi connectivity index (χ2v) is 7.40. The molecule has 3 atom stereocenters. The molecule has 1 aliphatic heterocycles. The molecule has 1 heterocycles. The van der Waals surface area contributed by atoms with Gasteiger partial charge in [-0.25, -0.2) is 18.2 Å². The van der Waals surface area contributed by atoms with Crippen molar-refractivity contribution in [1.29, 1.82) is 0 Å². The lowest BCUT2D eigenvalue weighted by Crippen LogP contribution is -2.46. The Kier molecular flexibility index (Phi) is 4.46. The van der Waals surface area contributed by atoms with E-state index in [2.05, 4.69) is 26.2 Å². The number of alkyl halides is 2. The topological polar surface area (TPSA) is 50.7 Å². The SMILES string of the molecule is O=C(NC1=N[C@](c2cc(Br)ccc2F)(C(F)F)[C@@H]2CC2O1)c1ccccc1. The van der Waals surface area contributed by atoms with Crippen molar-refractivity contribution >= 4 is 27.9 Å². The van der Waals surface area contributed by atoms with E-state index >= 15 is 0 Å². The molecule has 1 saturated carbocycles. The van der Waals surface area contributed by atoms with Gasteiger partial charge < -0.3 is 4.74 Å². The lowest BCUT2D eigenvalue weighted by atomic mass is 9.84. The summed E-state index contributed by atoms with van der Waals surface area (Å²) in [7, 11) is 0. The van der Waals surface area contributed by atoms with Gasteiger partial charge in [0.1, 0.15) is 11.9 Å². The van der Waals surface area contributed by atoms with Gasteiger partial charge in [0.05, 0.1) is 0 Å². The van der Waals surface area contributed by atoms with E-state index in [9.17, 15) is 18.0 Å². The zero-order valence-corrected chi connectivity index (χ0v) is 15.4. The van der Waals surface area contributed by atoms with E-state index in [-0.39, 0.29) is 11.6 Å². The summed E-state index contributed by atoms with van der Waals surface area (Å²) in [6.45, 7) is 0. The quantitative estimate of drug-likeness (QED) is 0.778. The lowest BCUT2D eigenvalue weighted by molar-refractivity contribution is 0.0166. The highest BCUT2D eigenvalue weighted by Crippen LogP contribution is 2.56. The Morgan fingerprint density at radius 1 is 1.26 bits per heavy atom. The molecule has 2 aromatic rings. The van der Waals surface area contributed by atoms with Crippen LogP contribution in [0.1, 0.15) is 22.3 Å². The molecule has 1 fully saturated rings. The van der Waals surface area contributed by atoms with E-state index in [1.165, 1.54) is 12.1 Å². The standard InChI is InChI=1S/C19H14BrF3N2O2/c20-11-6-7-14(21)12(8-11)19(17(22)23)13-9-15(13)27-18(25-19)24-16(26)10-4-2-1-3-5-10/h1-8,13,15,17H,9H2,(H,24,25,26)/t13-,15?,19+/m1/s1. The van der Waals surface area contributed by atoms with Crippen LogP contribution in [0.4, 0.5) is 13.2 Å². The molecule has 0 aromatic heterocycles. The number of hydrogen-bond acceptors (Lipinski definition) is 3. The lowest BCUT2D eigenvalue weighted by Gasteiger charge is -2.34. The predicted molar refractivity (Wildman–Crippen MR) is 96.1 cm³/mol. The number of carbonyl (C=O) groups excluding carboxylic acids is 1. The van der Waals surface area contributed by atoms with E-state index in [4.69, 9.17) is 4.74 Å². The van der Waals surface area contributed by atoms with Crippen LogP contribution in [0, 0.1) is 11.7 Å². The van der Waals surface area contributed by atoms with Gasteiger partial charge in [0.25, 0.3) is 18.4 Å². The Morgan fingerprint density at radius 3 is 2.70 bits per heavy atom. The number of rotatable bonds is 3. The average molecular weight is 439 g/mol. The minimum absolute atomic E-state index is 0.214. The van der Waals surface area contributed by atoms with Gasteiger partial charge in [0, 0.05) is 21.5 Å². The normalized spacial score (nSPS) is 26.0. The molecule has 1 unspecified atom stereocenters. The number of hydrogen-bond donors (Lipinski definition) is 1. The number of benzene rings is 2. The van der Waals surface area contributed by atoms with Crippen molar-refractivity contribution < 1.29 is 22.7 Å². The molecule has 140 valence electrons. The van der Waals surface area contributed by atoms with Gasteiger partial charge in [-0.15, -0.1) is 0 Å². The third-order valence-electron chi connectivity index (χ3n) is 4.80. The van der Waals surface area contributed by atoms with Crippen LogP contribution in [-0.2, 0) is 10.3 Å². The summed E-state index contributed by atoms with van der Waals surface area (Å²) in [6, 6.07) is 11.8. The molecular formula is C19H14BrF3N2O2.